The third-order valence-corrected chi connectivity index (χ3v) is 4.85. The van der Waals surface area contributed by atoms with E-state index in [0.29, 0.717) is 17.8 Å². The molecule has 1 atom stereocenters. The second-order valence-corrected chi connectivity index (χ2v) is 7.45. The number of amides is 1. The highest BCUT2D eigenvalue weighted by Crippen LogP contribution is 2.21. The predicted molar refractivity (Wildman–Crippen MR) is 97.6 cm³/mol. The summed E-state index contributed by atoms with van der Waals surface area (Å²) in [5.41, 5.74) is 1.81. The van der Waals surface area contributed by atoms with Crippen LogP contribution in [0.15, 0.2) is 54.6 Å². The molecule has 0 aliphatic rings. The minimum Gasteiger partial charge on any atom is -0.324 e. The van der Waals surface area contributed by atoms with Crippen LogP contribution in [0.3, 0.4) is 0 Å². The lowest BCUT2D eigenvalue weighted by Gasteiger charge is -2.28. The van der Waals surface area contributed by atoms with Crippen LogP contribution >= 0.6 is 0 Å². The zero-order valence-corrected chi connectivity index (χ0v) is 14.8. The Labute approximate surface area is 147 Å². The van der Waals surface area contributed by atoms with Gasteiger partial charge in [0, 0.05) is 5.69 Å². The van der Waals surface area contributed by atoms with E-state index in [1.807, 2.05) is 0 Å². The van der Waals surface area contributed by atoms with E-state index < -0.39 is 22.0 Å². The average molecular weight is 357 g/mol. The number of benzene rings is 2. The van der Waals surface area contributed by atoms with Crippen molar-refractivity contribution in [1.29, 1.82) is 5.26 Å². The number of nitriles is 1. The normalized spacial score (nSPS) is 12.0. The first kappa shape index (κ1) is 18.5. The fraction of sp³-hybridized carbons (Fsp3) is 0.222. The molecule has 130 valence electrons. The van der Waals surface area contributed by atoms with Gasteiger partial charge in [0.15, 0.2) is 0 Å². The average Bonchev–Trinajstić information content (AvgIpc) is 2.56. The van der Waals surface area contributed by atoms with Crippen LogP contribution < -0.4 is 9.62 Å². The first-order chi connectivity index (χ1) is 11.8. The van der Waals surface area contributed by atoms with Crippen molar-refractivity contribution in [2.45, 2.75) is 19.4 Å². The number of para-hydroxylation sites is 1. The molecule has 7 heteroatoms. The topological polar surface area (TPSA) is 90.3 Å². The second-order valence-electron chi connectivity index (χ2n) is 5.59. The third-order valence-electron chi connectivity index (χ3n) is 3.60. The molecule has 0 radical (unpaired) electrons. The minimum atomic E-state index is -3.63. The van der Waals surface area contributed by atoms with Crippen molar-refractivity contribution >= 4 is 27.3 Å². The number of hydrogen-bond donors (Lipinski definition) is 1. The number of anilines is 2. The van der Waals surface area contributed by atoms with Crippen LogP contribution in [0.25, 0.3) is 0 Å². The molecule has 0 unspecified atom stereocenters. The smallest absolute Gasteiger partial charge is 0.247 e. The van der Waals surface area contributed by atoms with Gasteiger partial charge < -0.3 is 5.32 Å². The van der Waals surface area contributed by atoms with Gasteiger partial charge in [-0.25, -0.2) is 8.42 Å². The highest BCUT2D eigenvalue weighted by Gasteiger charge is 2.28. The summed E-state index contributed by atoms with van der Waals surface area (Å²) in [4.78, 5) is 12.5. The molecular formula is C18H19N3O3S. The van der Waals surface area contributed by atoms with Crippen LogP contribution in [0.1, 0.15) is 12.5 Å². The molecule has 0 aromatic heterocycles. The molecular weight excluding hydrogens is 338 g/mol. The van der Waals surface area contributed by atoms with Gasteiger partial charge in [-0.1, -0.05) is 30.3 Å². The summed E-state index contributed by atoms with van der Waals surface area (Å²) in [6.07, 6.45) is 1.36. The Morgan fingerprint density at radius 3 is 2.28 bits per heavy atom. The van der Waals surface area contributed by atoms with Gasteiger partial charge in [0.05, 0.1) is 24.4 Å². The SMILES string of the molecule is C[C@@H](C(=O)Nc1ccc(CC#N)cc1)N(c1ccccc1)S(C)(=O)=O. The molecule has 0 bridgehead atoms. The number of hydrogen-bond acceptors (Lipinski definition) is 4. The van der Waals surface area contributed by atoms with Crippen molar-refractivity contribution in [2.75, 3.05) is 15.9 Å². The van der Waals surface area contributed by atoms with Crippen molar-refractivity contribution in [3.63, 3.8) is 0 Å². The summed E-state index contributed by atoms with van der Waals surface area (Å²) in [7, 11) is -3.63. The van der Waals surface area contributed by atoms with Gasteiger partial charge in [-0.3, -0.25) is 9.10 Å². The maximum Gasteiger partial charge on any atom is 0.247 e. The minimum absolute atomic E-state index is 0.292. The van der Waals surface area contributed by atoms with E-state index in [1.165, 1.54) is 6.92 Å². The van der Waals surface area contributed by atoms with Crippen molar-refractivity contribution in [3.8, 4) is 6.07 Å². The van der Waals surface area contributed by atoms with E-state index in [1.54, 1.807) is 54.6 Å². The van der Waals surface area contributed by atoms with Crippen molar-refractivity contribution in [1.82, 2.24) is 0 Å². The lowest BCUT2D eigenvalue weighted by molar-refractivity contribution is -0.116. The Morgan fingerprint density at radius 1 is 1.16 bits per heavy atom. The van der Waals surface area contributed by atoms with Crippen molar-refractivity contribution < 1.29 is 13.2 Å². The largest absolute Gasteiger partial charge is 0.324 e. The van der Waals surface area contributed by atoms with Gasteiger partial charge in [-0.15, -0.1) is 0 Å². The molecule has 1 N–H and O–H groups in total. The highest BCUT2D eigenvalue weighted by molar-refractivity contribution is 7.92. The third kappa shape index (κ3) is 4.81. The van der Waals surface area contributed by atoms with Gasteiger partial charge in [0.2, 0.25) is 15.9 Å². The summed E-state index contributed by atoms with van der Waals surface area (Å²) < 4.78 is 25.4. The fourth-order valence-electron chi connectivity index (χ4n) is 2.43. The van der Waals surface area contributed by atoms with Crippen LogP contribution in [-0.4, -0.2) is 26.6 Å². The van der Waals surface area contributed by atoms with Gasteiger partial charge in [0.1, 0.15) is 6.04 Å². The molecule has 0 saturated heterocycles. The Balaban J connectivity index is 2.20. The summed E-state index contributed by atoms with van der Waals surface area (Å²) >= 11 is 0. The molecule has 0 saturated carbocycles. The molecule has 2 aromatic carbocycles. The number of carbonyl (C=O) groups excluding carboxylic acids is 1. The van der Waals surface area contributed by atoms with Gasteiger partial charge in [0.25, 0.3) is 0 Å². The van der Waals surface area contributed by atoms with Crippen molar-refractivity contribution in [2.24, 2.45) is 0 Å². The van der Waals surface area contributed by atoms with E-state index in [0.717, 1.165) is 16.1 Å². The highest BCUT2D eigenvalue weighted by atomic mass is 32.2. The Hall–Kier alpha value is -2.85. The molecule has 0 spiro atoms. The van der Waals surface area contributed by atoms with Crippen LogP contribution in [0, 0.1) is 11.3 Å². The molecule has 1 amide bonds. The van der Waals surface area contributed by atoms with Crippen LogP contribution in [-0.2, 0) is 21.2 Å². The zero-order chi connectivity index (χ0) is 18.4. The number of nitrogens with one attached hydrogen (secondary N) is 1. The van der Waals surface area contributed by atoms with E-state index in [2.05, 4.69) is 11.4 Å². The monoisotopic (exact) mass is 357 g/mol. The molecule has 0 heterocycles. The first-order valence-corrected chi connectivity index (χ1v) is 9.49. The lowest BCUT2D eigenvalue weighted by atomic mass is 10.1. The Bertz CT molecular complexity index is 872. The predicted octanol–water partition coefficient (Wildman–Crippen LogP) is 2.55. The number of carbonyl (C=O) groups is 1. The maximum atomic E-state index is 12.5. The van der Waals surface area contributed by atoms with Gasteiger partial charge >= 0.3 is 0 Å². The van der Waals surface area contributed by atoms with Crippen LogP contribution in [0.4, 0.5) is 11.4 Å². The van der Waals surface area contributed by atoms with Crippen LogP contribution in [0.5, 0.6) is 0 Å². The standard InChI is InChI=1S/C18H19N3O3S/c1-14(21(25(2,23)24)17-6-4-3-5-7-17)18(22)20-16-10-8-15(9-11-16)12-13-19/h3-11,14H,12H2,1-2H3,(H,20,22)/t14-/m0/s1. The molecule has 0 fully saturated rings. The first-order valence-electron chi connectivity index (χ1n) is 7.64. The maximum absolute atomic E-state index is 12.5. The van der Waals surface area contributed by atoms with Crippen molar-refractivity contribution in [3.05, 3.63) is 60.2 Å². The molecule has 6 nitrogen and oxygen atoms in total. The molecule has 2 aromatic rings. The lowest BCUT2D eigenvalue weighted by Crippen LogP contribution is -2.45. The molecule has 2 rings (SSSR count). The number of nitrogens with zero attached hydrogens (tertiary/aromatic N) is 2. The second kappa shape index (κ2) is 7.81. The van der Waals surface area contributed by atoms with E-state index in [9.17, 15) is 13.2 Å². The number of rotatable bonds is 6. The summed E-state index contributed by atoms with van der Waals surface area (Å²) in [6, 6.07) is 16.5. The van der Waals surface area contributed by atoms with Crippen LogP contribution in [0.2, 0.25) is 0 Å². The number of sulfonamides is 1. The summed E-state index contributed by atoms with van der Waals surface area (Å²) in [5.74, 6) is -0.442. The Morgan fingerprint density at radius 2 is 1.76 bits per heavy atom. The molecule has 25 heavy (non-hydrogen) atoms. The van der Waals surface area contributed by atoms with Gasteiger partial charge in [-0.05, 0) is 36.8 Å². The molecule has 0 aliphatic carbocycles. The quantitative estimate of drug-likeness (QED) is 0.860. The molecule has 0 aliphatic heterocycles. The van der Waals surface area contributed by atoms with E-state index in [-0.39, 0.29) is 0 Å². The summed E-state index contributed by atoms with van der Waals surface area (Å²) in [6.45, 7) is 1.54. The zero-order valence-electron chi connectivity index (χ0n) is 14.0. The fourth-order valence-corrected chi connectivity index (χ4v) is 3.60. The van der Waals surface area contributed by atoms with E-state index >= 15 is 0 Å². The Kier molecular flexibility index (Phi) is 5.78. The summed E-state index contributed by atoms with van der Waals surface area (Å²) in [5, 5.41) is 11.4. The van der Waals surface area contributed by atoms with Gasteiger partial charge in [-0.2, -0.15) is 5.26 Å². The van der Waals surface area contributed by atoms with E-state index in [4.69, 9.17) is 5.26 Å².